The number of nitrogens with one attached hydrogen (secondary N) is 1. The Labute approximate surface area is 121 Å². The van der Waals surface area contributed by atoms with E-state index in [0.717, 1.165) is 0 Å². The Balaban J connectivity index is 2.44. The molecule has 2 rings (SSSR count). The third kappa shape index (κ3) is 2.95. The fourth-order valence-corrected chi connectivity index (χ4v) is 3.02. The zero-order valence-corrected chi connectivity index (χ0v) is 11.9. The van der Waals surface area contributed by atoms with Crippen LogP contribution in [-0.2, 0) is 10.0 Å². The van der Waals surface area contributed by atoms with Crippen molar-refractivity contribution in [2.45, 2.75) is 11.8 Å². The number of hydrogen-bond donors (Lipinski definition) is 2. The van der Waals surface area contributed by atoms with Gasteiger partial charge in [0.15, 0.2) is 0 Å². The first kappa shape index (κ1) is 14.8. The van der Waals surface area contributed by atoms with E-state index in [9.17, 15) is 12.8 Å². The van der Waals surface area contributed by atoms with E-state index in [1.165, 1.54) is 43.3 Å². The summed E-state index contributed by atoms with van der Waals surface area (Å²) < 4.78 is 40.3. The molecule has 0 radical (unpaired) electrons. The highest BCUT2D eigenvalue weighted by Crippen LogP contribution is 2.25. The van der Waals surface area contributed by atoms with Crippen molar-refractivity contribution >= 4 is 21.4 Å². The zero-order chi connectivity index (χ0) is 15.6. The molecule has 0 heterocycles. The van der Waals surface area contributed by atoms with Crippen LogP contribution in [0.5, 0.6) is 0 Å². The minimum absolute atomic E-state index is 0.0457. The number of anilines is 2. The Hall–Kier alpha value is -2.59. The molecule has 0 aromatic heterocycles. The number of benzene rings is 2. The van der Waals surface area contributed by atoms with E-state index >= 15 is 0 Å². The Morgan fingerprint density at radius 1 is 1.29 bits per heavy atom. The molecule has 0 bridgehead atoms. The van der Waals surface area contributed by atoms with Gasteiger partial charge < -0.3 is 5.73 Å². The van der Waals surface area contributed by atoms with Gasteiger partial charge in [0.2, 0.25) is 0 Å². The summed E-state index contributed by atoms with van der Waals surface area (Å²) >= 11 is 0. The van der Waals surface area contributed by atoms with E-state index in [0.29, 0.717) is 0 Å². The Morgan fingerprint density at radius 3 is 2.62 bits per heavy atom. The van der Waals surface area contributed by atoms with Crippen LogP contribution in [0.15, 0.2) is 41.3 Å². The van der Waals surface area contributed by atoms with Crippen LogP contribution in [0.1, 0.15) is 11.1 Å². The number of hydrogen-bond acceptors (Lipinski definition) is 4. The van der Waals surface area contributed by atoms with Gasteiger partial charge in [-0.1, -0.05) is 6.07 Å². The average molecular weight is 305 g/mol. The average Bonchev–Trinajstić information content (AvgIpc) is 2.43. The lowest BCUT2D eigenvalue weighted by Crippen LogP contribution is -2.16. The second-order valence-electron chi connectivity index (χ2n) is 4.38. The quantitative estimate of drug-likeness (QED) is 0.851. The van der Waals surface area contributed by atoms with Gasteiger partial charge >= 0.3 is 0 Å². The summed E-state index contributed by atoms with van der Waals surface area (Å²) in [7, 11) is -3.96. The topological polar surface area (TPSA) is 96.0 Å². The van der Waals surface area contributed by atoms with Gasteiger partial charge in [-0.25, -0.2) is 12.8 Å². The Kier molecular flexibility index (Phi) is 3.82. The molecule has 3 N–H and O–H groups in total. The van der Waals surface area contributed by atoms with Crippen molar-refractivity contribution in [2.24, 2.45) is 0 Å². The summed E-state index contributed by atoms with van der Waals surface area (Å²) in [6.07, 6.45) is 0. The number of nitrogens with two attached hydrogens (primary N) is 1. The fraction of sp³-hybridized carbons (Fsp3) is 0.0714. The maximum absolute atomic E-state index is 13.4. The van der Waals surface area contributed by atoms with Crippen molar-refractivity contribution in [3.8, 4) is 6.07 Å². The van der Waals surface area contributed by atoms with Gasteiger partial charge in [-0.2, -0.15) is 5.26 Å². The molecule has 2 aromatic carbocycles. The lowest BCUT2D eigenvalue weighted by atomic mass is 10.2. The van der Waals surface area contributed by atoms with Crippen LogP contribution in [-0.4, -0.2) is 8.42 Å². The highest BCUT2D eigenvalue weighted by Gasteiger charge is 2.19. The standard InChI is InChI=1S/C14H12FN3O2S/c1-9-11(15)3-2-4-13(9)18-21(19,20)14-6-5-10(8-16)7-12(14)17/h2-7,18H,17H2,1H3. The molecule has 0 aliphatic heterocycles. The minimum atomic E-state index is -3.96. The van der Waals surface area contributed by atoms with Crippen LogP contribution >= 0.6 is 0 Å². The van der Waals surface area contributed by atoms with Crippen molar-refractivity contribution in [3.63, 3.8) is 0 Å². The molecule has 0 aliphatic carbocycles. The summed E-state index contributed by atoms with van der Waals surface area (Å²) in [6.45, 7) is 1.47. The van der Waals surface area contributed by atoms with Crippen LogP contribution in [0.4, 0.5) is 15.8 Å². The van der Waals surface area contributed by atoms with Gasteiger partial charge in [-0.3, -0.25) is 4.72 Å². The predicted octanol–water partition coefficient (Wildman–Crippen LogP) is 2.39. The molecule has 21 heavy (non-hydrogen) atoms. The lowest BCUT2D eigenvalue weighted by molar-refractivity contribution is 0.601. The van der Waals surface area contributed by atoms with E-state index < -0.39 is 15.8 Å². The summed E-state index contributed by atoms with van der Waals surface area (Å²) in [5.41, 5.74) is 6.20. The largest absolute Gasteiger partial charge is 0.398 e. The molecule has 0 fully saturated rings. The van der Waals surface area contributed by atoms with Crippen LogP contribution in [0, 0.1) is 24.1 Å². The van der Waals surface area contributed by atoms with Crippen LogP contribution in [0.2, 0.25) is 0 Å². The summed E-state index contributed by atoms with van der Waals surface area (Å²) in [6, 6.07) is 9.83. The second-order valence-corrected chi connectivity index (χ2v) is 6.03. The van der Waals surface area contributed by atoms with Crippen molar-refractivity contribution in [2.75, 3.05) is 10.5 Å². The van der Waals surface area contributed by atoms with Crippen molar-refractivity contribution in [3.05, 3.63) is 53.3 Å². The van der Waals surface area contributed by atoms with Gasteiger partial charge in [0.25, 0.3) is 10.0 Å². The number of nitrogen functional groups attached to an aromatic ring is 1. The summed E-state index contributed by atoms with van der Waals surface area (Å²) in [4.78, 5) is -0.162. The normalized spacial score (nSPS) is 10.9. The SMILES string of the molecule is Cc1c(F)cccc1NS(=O)(=O)c1ccc(C#N)cc1N. The van der Waals surface area contributed by atoms with Crippen LogP contribution in [0.25, 0.3) is 0 Å². The number of halogens is 1. The minimum Gasteiger partial charge on any atom is -0.398 e. The highest BCUT2D eigenvalue weighted by atomic mass is 32.2. The first-order valence-corrected chi connectivity index (χ1v) is 7.41. The van der Waals surface area contributed by atoms with Gasteiger partial charge in [-0.15, -0.1) is 0 Å². The number of nitriles is 1. The first-order chi connectivity index (χ1) is 9.85. The Morgan fingerprint density at radius 2 is 2.00 bits per heavy atom. The van der Waals surface area contributed by atoms with E-state index in [4.69, 9.17) is 11.0 Å². The molecular formula is C14H12FN3O2S. The predicted molar refractivity (Wildman–Crippen MR) is 77.5 cm³/mol. The first-order valence-electron chi connectivity index (χ1n) is 5.92. The molecule has 108 valence electrons. The summed E-state index contributed by atoms with van der Waals surface area (Å²) in [5, 5.41) is 8.75. The third-order valence-corrected chi connectivity index (χ3v) is 4.38. The molecule has 0 saturated carbocycles. The van der Waals surface area contributed by atoms with Crippen molar-refractivity contribution < 1.29 is 12.8 Å². The molecule has 2 aromatic rings. The number of rotatable bonds is 3. The van der Waals surface area contributed by atoms with Crippen LogP contribution < -0.4 is 10.5 Å². The van der Waals surface area contributed by atoms with E-state index in [1.54, 1.807) is 0 Å². The summed E-state index contributed by atoms with van der Waals surface area (Å²) in [5.74, 6) is -0.511. The Bertz CT molecular complexity index is 842. The van der Waals surface area contributed by atoms with Crippen LogP contribution in [0.3, 0.4) is 0 Å². The monoisotopic (exact) mass is 305 g/mol. The maximum atomic E-state index is 13.4. The lowest BCUT2D eigenvalue weighted by Gasteiger charge is -2.12. The second kappa shape index (κ2) is 5.42. The fourth-order valence-electron chi connectivity index (χ4n) is 1.78. The molecule has 7 heteroatoms. The molecule has 0 aliphatic rings. The van der Waals surface area contributed by atoms with E-state index in [-0.39, 0.29) is 27.4 Å². The van der Waals surface area contributed by atoms with Gasteiger partial charge in [-0.05, 0) is 37.3 Å². The number of nitrogens with zero attached hydrogens (tertiary/aromatic N) is 1. The van der Waals surface area contributed by atoms with Gasteiger partial charge in [0.1, 0.15) is 10.7 Å². The maximum Gasteiger partial charge on any atom is 0.263 e. The van der Waals surface area contributed by atoms with E-state index in [1.807, 2.05) is 6.07 Å². The molecule has 0 atom stereocenters. The molecule has 0 spiro atoms. The molecular weight excluding hydrogens is 293 g/mol. The zero-order valence-electron chi connectivity index (χ0n) is 11.1. The molecule has 0 amide bonds. The van der Waals surface area contributed by atoms with E-state index in [2.05, 4.69) is 4.72 Å². The van der Waals surface area contributed by atoms with Gasteiger partial charge in [0.05, 0.1) is 23.0 Å². The van der Waals surface area contributed by atoms with Crippen molar-refractivity contribution in [1.82, 2.24) is 0 Å². The van der Waals surface area contributed by atoms with Crippen molar-refractivity contribution in [1.29, 1.82) is 5.26 Å². The molecule has 0 unspecified atom stereocenters. The van der Waals surface area contributed by atoms with Gasteiger partial charge in [0, 0.05) is 5.56 Å². The molecule has 0 saturated heterocycles. The smallest absolute Gasteiger partial charge is 0.263 e. The third-order valence-electron chi connectivity index (χ3n) is 2.94. The highest BCUT2D eigenvalue weighted by molar-refractivity contribution is 7.92. The molecule has 5 nitrogen and oxygen atoms in total. The number of sulfonamides is 1.